The van der Waals surface area contributed by atoms with Crippen molar-refractivity contribution in [3.8, 4) is 0 Å². The Morgan fingerprint density at radius 1 is 1.14 bits per heavy atom. The van der Waals surface area contributed by atoms with E-state index in [2.05, 4.69) is 28.0 Å². The van der Waals surface area contributed by atoms with Crippen LogP contribution in [0.15, 0.2) is 18.2 Å². The van der Waals surface area contributed by atoms with Crippen LogP contribution in [0.25, 0.3) is 0 Å². The third-order valence-corrected chi connectivity index (χ3v) is 4.93. The minimum absolute atomic E-state index is 0.378. The van der Waals surface area contributed by atoms with E-state index in [-0.39, 0.29) is 6.04 Å². The largest absolute Gasteiger partial charge is 0.480 e. The number of nitrogens with zero attached hydrogens (tertiary/aromatic N) is 2. The van der Waals surface area contributed by atoms with E-state index in [9.17, 15) is 4.79 Å². The molecule has 1 aliphatic heterocycles. The molecule has 1 aliphatic carbocycles. The van der Waals surface area contributed by atoms with Crippen LogP contribution in [0.4, 0.5) is 5.69 Å². The van der Waals surface area contributed by atoms with E-state index in [1.165, 1.54) is 42.5 Å². The van der Waals surface area contributed by atoms with E-state index < -0.39 is 5.97 Å². The number of aliphatic carboxylic acids is 1. The monoisotopic (exact) mass is 288 g/mol. The fraction of sp³-hybridized carbons (Fsp3) is 0.588. The highest BCUT2D eigenvalue weighted by molar-refractivity contribution is 5.73. The fourth-order valence-electron chi connectivity index (χ4n) is 3.56. The van der Waals surface area contributed by atoms with Crippen molar-refractivity contribution in [3.05, 3.63) is 29.3 Å². The minimum Gasteiger partial charge on any atom is -0.480 e. The Bertz CT molecular complexity index is 522. The molecule has 4 heteroatoms. The fourth-order valence-corrected chi connectivity index (χ4v) is 3.56. The zero-order valence-corrected chi connectivity index (χ0v) is 12.7. The van der Waals surface area contributed by atoms with Crippen LogP contribution >= 0.6 is 0 Å². The highest BCUT2D eigenvalue weighted by atomic mass is 16.4. The van der Waals surface area contributed by atoms with Gasteiger partial charge >= 0.3 is 5.97 Å². The second kappa shape index (κ2) is 6.06. The summed E-state index contributed by atoms with van der Waals surface area (Å²) in [5.74, 6) is -0.722. The van der Waals surface area contributed by atoms with Gasteiger partial charge in [0.05, 0.1) is 0 Å². The minimum atomic E-state index is -0.722. The molecule has 1 unspecified atom stereocenters. The molecule has 1 aromatic carbocycles. The number of anilines is 1. The Balaban J connectivity index is 1.71. The van der Waals surface area contributed by atoms with Crippen LogP contribution in [-0.4, -0.2) is 48.2 Å². The van der Waals surface area contributed by atoms with Gasteiger partial charge in [0.1, 0.15) is 6.04 Å². The number of carbonyl (C=O) groups is 1. The molecule has 1 heterocycles. The van der Waals surface area contributed by atoms with Crippen LogP contribution in [-0.2, 0) is 17.6 Å². The van der Waals surface area contributed by atoms with Gasteiger partial charge in [-0.25, -0.2) is 0 Å². The van der Waals surface area contributed by atoms with Crippen LogP contribution in [0.5, 0.6) is 0 Å². The first-order chi connectivity index (χ1) is 10.2. The van der Waals surface area contributed by atoms with Gasteiger partial charge in [-0.2, -0.15) is 0 Å². The Labute approximate surface area is 126 Å². The van der Waals surface area contributed by atoms with Crippen LogP contribution in [0.1, 0.15) is 30.9 Å². The van der Waals surface area contributed by atoms with Crippen molar-refractivity contribution >= 4 is 11.7 Å². The lowest BCUT2D eigenvalue weighted by atomic mass is 9.90. The van der Waals surface area contributed by atoms with Crippen LogP contribution < -0.4 is 4.90 Å². The van der Waals surface area contributed by atoms with Crippen molar-refractivity contribution in [1.82, 2.24) is 4.90 Å². The summed E-state index contributed by atoms with van der Waals surface area (Å²) in [6.07, 6.45) is 5.00. The molecule has 1 saturated heterocycles. The Morgan fingerprint density at radius 2 is 1.86 bits per heavy atom. The number of rotatable bonds is 3. The zero-order chi connectivity index (χ0) is 14.8. The summed E-state index contributed by atoms with van der Waals surface area (Å²) in [7, 11) is 0. The van der Waals surface area contributed by atoms with E-state index in [1.54, 1.807) is 6.92 Å². The lowest BCUT2D eigenvalue weighted by molar-refractivity contribution is -0.142. The topological polar surface area (TPSA) is 43.8 Å². The molecule has 3 rings (SSSR count). The molecule has 4 nitrogen and oxygen atoms in total. The van der Waals surface area contributed by atoms with Crippen molar-refractivity contribution in [1.29, 1.82) is 0 Å². The van der Waals surface area contributed by atoms with Gasteiger partial charge in [-0.3, -0.25) is 9.69 Å². The van der Waals surface area contributed by atoms with Gasteiger partial charge in [0.2, 0.25) is 0 Å². The molecule has 21 heavy (non-hydrogen) atoms. The number of hydrogen-bond donors (Lipinski definition) is 1. The first-order valence-electron chi connectivity index (χ1n) is 7.99. The molecular weight excluding hydrogens is 264 g/mol. The maximum atomic E-state index is 11.1. The number of piperazine rings is 1. The third-order valence-electron chi connectivity index (χ3n) is 4.93. The highest BCUT2D eigenvalue weighted by Crippen LogP contribution is 2.31. The van der Waals surface area contributed by atoms with E-state index in [4.69, 9.17) is 5.11 Å². The number of benzene rings is 1. The number of carboxylic acids is 1. The summed E-state index contributed by atoms with van der Waals surface area (Å²) in [6, 6.07) is 6.30. The molecule has 0 aromatic heterocycles. The number of fused-ring (bicyclic) bond motifs is 1. The maximum Gasteiger partial charge on any atom is 0.320 e. The average molecular weight is 288 g/mol. The van der Waals surface area contributed by atoms with Crippen molar-refractivity contribution in [2.24, 2.45) is 0 Å². The van der Waals surface area contributed by atoms with Gasteiger partial charge < -0.3 is 10.0 Å². The summed E-state index contributed by atoms with van der Waals surface area (Å²) >= 11 is 0. The van der Waals surface area contributed by atoms with Gasteiger partial charge in [0.15, 0.2) is 0 Å². The van der Waals surface area contributed by atoms with Crippen LogP contribution in [0.3, 0.4) is 0 Å². The summed E-state index contributed by atoms with van der Waals surface area (Å²) in [5.41, 5.74) is 4.43. The summed E-state index contributed by atoms with van der Waals surface area (Å²) in [4.78, 5) is 15.6. The Kier molecular flexibility index (Phi) is 4.15. The lowest BCUT2D eigenvalue weighted by Crippen LogP contribution is -2.52. The molecule has 0 amide bonds. The molecule has 0 saturated carbocycles. The molecule has 2 aliphatic rings. The molecule has 1 aromatic rings. The molecule has 0 radical (unpaired) electrons. The van der Waals surface area contributed by atoms with E-state index in [1.807, 2.05) is 0 Å². The van der Waals surface area contributed by atoms with Crippen molar-refractivity contribution in [3.63, 3.8) is 0 Å². The van der Waals surface area contributed by atoms with E-state index in [0.29, 0.717) is 0 Å². The standard InChI is InChI=1S/C17H24N2O2/c1-13(17(20)21)18-9-11-19(12-10-18)16-8-4-6-14-5-2-3-7-15(14)16/h4,6,8,13H,2-3,5,7,9-12H2,1H3,(H,20,21). The van der Waals surface area contributed by atoms with Crippen LogP contribution in [0, 0.1) is 0 Å². The van der Waals surface area contributed by atoms with E-state index in [0.717, 1.165) is 26.2 Å². The van der Waals surface area contributed by atoms with Crippen molar-refractivity contribution in [2.75, 3.05) is 31.1 Å². The second-order valence-corrected chi connectivity index (χ2v) is 6.16. The molecule has 0 spiro atoms. The average Bonchev–Trinajstić information content (AvgIpc) is 2.53. The zero-order valence-electron chi connectivity index (χ0n) is 12.7. The van der Waals surface area contributed by atoms with Gasteiger partial charge in [-0.1, -0.05) is 12.1 Å². The predicted molar refractivity (Wildman–Crippen MR) is 84.0 cm³/mol. The predicted octanol–water partition coefficient (Wildman–Crippen LogP) is 2.16. The Hall–Kier alpha value is -1.55. The molecule has 1 atom stereocenters. The number of carboxylic acid groups (broad SMARTS) is 1. The number of hydrogen-bond acceptors (Lipinski definition) is 3. The van der Waals surface area contributed by atoms with Gasteiger partial charge in [0, 0.05) is 31.9 Å². The van der Waals surface area contributed by atoms with Crippen molar-refractivity contribution in [2.45, 2.75) is 38.6 Å². The molecular formula is C17H24N2O2. The SMILES string of the molecule is CC(C(=O)O)N1CCN(c2cccc3c2CCCC3)CC1. The van der Waals surface area contributed by atoms with Gasteiger partial charge in [0.25, 0.3) is 0 Å². The summed E-state index contributed by atoms with van der Waals surface area (Å²) in [5, 5.41) is 9.12. The first kappa shape index (κ1) is 14.4. The quantitative estimate of drug-likeness (QED) is 0.925. The molecule has 1 N–H and O–H groups in total. The smallest absolute Gasteiger partial charge is 0.320 e. The second-order valence-electron chi connectivity index (χ2n) is 6.16. The van der Waals surface area contributed by atoms with E-state index >= 15 is 0 Å². The number of aryl methyl sites for hydroxylation is 1. The van der Waals surface area contributed by atoms with Gasteiger partial charge in [-0.15, -0.1) is 0 Å². The summed E-state index contributed by atoms with van der Waals surface area (Å²) < 4.78 is 0. The molecule has 114 valence electrons. The normalized spacial score (nSPS) is 20.9. The first-order valence-corrected chi connectivity index (χ1v) is 7.99. The molecule has 1 fully saturated rings. The molecule has 0 bridgehead atoms. The van der Waals surface area contributed by atoms with Gasteiger partial charge in [-0.05, 0) is 49.8 Å². The van der Waals surface area contributed by atoms with Crippen molar-refractivity contribution < 1.29 is 9.90 Å². The maximum absolute atomic E-state index is 11.1. The lowest BCUT2D eigenvalue weighted by Gasteiger charge is -2.39. The summed E-state index contributed by atoms with van der Waals surface area (Å²) in [6.45, 7) is 5.29. The van der Waals surface area contributed by atoms with Crippen LogP contribution in [0.2, 0.25) is 0 Å². The highest BCUT2D eigenvalue weighted by Gasteiger charge is 2.26. The third kappa shape index (κ3) is 2.91. The Morgan fingerprint density at radius 3 is 2.57 bits per heavy atom.